The van der Waals surface area contributed by atoms with E-state index in [2.05, 4.69) is 6.07 Å². The molecule has 0 radical (unpaired) electrons. The first kappa shape index (κ1) is 12.8. The number of nitro groups is 1. The maximum atomic E-state index is 10.9. The number of nitrogens with zero attached hydrogens (tertiary/aromatic N) is 3. The number of nitrogens with two attached hydrogens (primary N) is 1. The third-order valence-corrected chi connectivity index (χ3v) is 2.41. The van der Waals surface area contributed by atoms with Crippen molar-refractivity contribution in [3.05, 3.63) is 28.3 Å². The van der Waals surface area contributed by atoms with E-state index < -0.39 is 4.92 Å². The molecule has 0 aliphatic heterocycles. The second-order valence-electron chi connectivity index (χ2n) is 3.88. The molecule has 17 heavy (non-hydrogen) atoms. The van der Waals surface area contributed by atoms with Gasteiger partial charge in [-0.15, -0.1) is 0 Å². The molecule has 0 aliphatic rings. The third-order valence-electron chi connectivity index (χ3n) is 2.41. The normalized spacial score (nSPS) is 11.6. The highest BCUT2D eigenvalue weighted by atomic mass is 16.6. The summed E-state index contributed by atoms with van der Waals surface area (Å²) in [5.74, 6) is -0.207. The fourth-order valence-electron chi connectivity index (χ4n) is 1.61. The third kappa shape index (κ3) is 2.84. The summed E-state index contributed by atoms with van der Waals surface area (Å²) in [6.07, 6.45) is 0. The van der Waals surface area contributed by atoms with Crippen molar-refractivity contribution in [3.63, 3.8) is 0 Å². The Bertz CT molecular complexity index is 467. The average molecular weight is 234 g/mol. The fourth-order valence-corrected chi connectivity index (χ4v) is 1.61. The quantitative estimate of drug-likeness (QED) is 0.486. The molecule has 0 amide bonds. The summed E-state index contributed by atoms with van der Waals surface area (Å²) in [5, 5.41) is 19.7. The number of anilines is 2. The Morgan fingerprint density at radius 3 is 2.82 bits per heavy atom. The molecule has 0 aliphatic carbocycles. The van der Waals surface area contributed by atoms with E-state index >= 15 is 0 Å². The van der Waals surface area contributed by atoms with Crippen LogP contribution in [0.5, 0.6) is 0 Å². The summed E-state index contributed by atoms with van der Waals surface area (Å²) >= 11 is 0. The highest BCUT2D eigenvalue weighted by Gasteiger charge is 2.21. The molecule has 1 rings (SSSR count). The summed E-state index contributed by atoms with van der Waals surface area (Å²) in [4.78, 5) is 12.1. The number of para-hydroxylation sites is 1. The number of hydrogen-bond donors (Lipinski definition) is 1. The maximum absolute atomic E-state index is 10.9. The van der Waals surface area contributed by atoms with Crippen molar-refractivity contribution in [1.82, 2.24) is 0 Å². The zero-order chi connectivity index (χ0) is 13.0. The predicted octanol–water partition coefficient (Wildman–Crippen LogP) is 1.77. The summed E-state index contributed by atoms with van der Waals surface area (Å²) in [7, 11) is 1.70. The van der Waals surface area contributed by atoms with Crippen LogP contribution in [0.4, 0.5) is 17.1 Å². The smallest absolute Gasteiger partial charge is 0.315 e. The summed E-state index contributed by atoms with van der Waals surface area (Å²) < 4.78 is 0. The van der Waals surface area contributed by atoms with Crippen molar-refractivity contribution in [1.29, 1.82) is 5.26 Å². The van der Waals surface area contributed by atoms with E-state index in [0.717, 1.165) is 0 Å². The monoisotopic (exact) mass is 234 g/mol. The second kappa shape index (κ2) is 5.16. The van der Waals surface area contributed by atoms with E-state index in [1.165, 1.54) is 6.07 Å². The lowest BCUT2D eigenvalue weighted by molar-refractivity contribution is -0.383. The molecule has 0 saturated carbocycles. The van der Waals surface area contributed by atoms with E-state index in [-0.39, 0.29) is 17.3 Å². The van der Waals surface area contributed by atoms with Gasteiger partial charge < -0.3 is 10.6 Å². The van der Waals surface area contributed by atoms with Crippen molar-refractivity contribution >= 4 is 17.1 Å². The van der Waals surface area contributed by atoms with Crippen molar-refractivity contribution in [2.45, 2.75) is 6.92 Å². The van der Waals surface area contributed by atoms with Crippen LogP contribution in [0.25, 0.3) is 0 Å². The molecule has 1 aromatic carbocycles. The van der Waals surface area contributed by atoms with Crippen LogP contribution in [0, 0.1) is 27.4 Å². The number of benzene rings is 1. The Balaban J connectivity index is 3.10. The van der Waals surface area contributed by atoms with Crippen molar-refractivity contribution in [2.24, 2.45) is 5.92 Å². The molecule has 0 spiro atoms. The lowest BCUT2D eigenvalue weighted by atomic mass is 10.1. The molecule has 0 fully saturated rings. The van der Waals surface area contributed by atoms with Gasteiger partial charge in [0.25, 0.3) is 0 Å². The van der Waals surface area contributed by atoms with Crippen LogP contribution in [0.2, 0.25) is 0 Å². The van der Waals surface area contributed by atoms with Gasteiger partial charge in [0.15, 0.2) is 0 Å². The predicted molar refractivity (Wildman–Crippen MR) is 65.6 cm³/mol. The molecule has 1 atom stereocenters. The van der Waals surface area contributed by atoms with Gasteiger partial charge in [0, 0.05) is 13.6 Å². The molecule has 90 valence electrons. The fraction of sp³-hybridized carbons (Fsp3) is 0.364. The first-order valence-electron chi connectivity index (χ1n) is 5.11. The molecule has 0 bridgehead atoms. The van der Waals surface area contributed by atoms with E-state index in [1.54, 1.807) is 31.0 Å². The highest BCUT2D eigenvalue weighted by molar-refractivity contribution is 5.75. The Morgan fingerprint density at radius 2 is 2.29 bits per heavy atom. The Kier molecular flexibility index (Phi) is 3.88. The van der Waals surface area contributed by atoms with E-state index in [9.17, 15) is 10.1 Å². The van der Waals surface area contributed by atoms with Crippen LogP contribution < -0.4 is 10.6 Å². The van der Waals surface area contributed by atoms with Crippen LogP contribution in [0.3, 0.4) is 0 Å². The first-order valence-corrected chi connectivity index (χ1v) is 5.11. The van der Waals surface area contributed by atoms with Crippen molar-refractivity contribution < 1.29 is 4.92 Å². The highest BCUT2D eigenvalue weighted by Crippen LogP contribution is 2.33. The van der Waals surface area contributed by atoms with Gasteiger partial charge in [-0.25, -0.2) is 0 Å². The molecular formula is C11H14N4O2. The lowest BCUT2D eigenvalue weighted by Crippen LogP contribution is -2.24. The summed E-state index contributed by atoms with van der Waals surface area (Å²) in [5.41, 5.74) is 6.04. The zero-order valence-corrected chi connectivity index (χ0v) is 9.75. The average Bonchev–Trinajstić information content (AvgIpc) is 2.27. The minimum atomic E-state index is -0.502. The van der Waals surface area contributed by atoms with Crippen LogP contribution in [-0.4, -0.2) is 18.5 Å². The molecule has 1 unspecified atom stereocenters. The summed E-state index contributed by atoms with van der Waals surface area (Å²) in [6.45, 7) is 2.18. The number of nitrogen functional groups attached to an aromatic ring is 1. The van der Waals surface area contributed by atoms with Gasteiger partial charge in [-0.3, -0.25) is 10.1 Å². The van der Waals surface area contributed by atoms with Gasteiger partial charge in [0.05, 0.1) is 16.9 Å². The molecular weight excluding hydrogens is 220 g/mol. The number of rotatable bonds is 4. The molecule has 6 heteroatoms. The van der Waals surface area contributed by atoms with Gasteiger partial charge in [-0.1, -0.05) is 6.07 Å². The summed E-state index contributed by atoms with van der Waals surface area (Å²) in [6, 6.07) is 6.86. The lowest BCUT2D eigenvalue weighted by Gasteiger charge is -2.20. The van der Waals surface area contributed by atoms with Crippen LogP contribution >= 0.6 is 0 Å². The van der Waals surface area contributed by atoms with E-state index in [4.69, 9.17) is 11.0 Å². The van der Waals surface area contributed by atoms with Crippen LogP contribution in [0.1, 0.15) is 6.92 Å². The van der Waals surface area contributed by atoms with Crippen LogP contribution in [-0.2, 0) is 0 Å². The van der Waals surface area contributed by atoms with Crippen molar-refractivity contribution in [3.8, 4) is 6.07 Å². The Hall–Kier alpha value is -2.29. The minimum Gasteiger partial charge on any atom is -0.393 e. The van der Waals surface area contributed by atoms with Gasteiger partial charge in [-0.05, 0) is 19.1 Å². The second-order valence-corrected chi connectivity index (χ2v) is 3.88. The maximum Gasteiger partial charge on any atom is 0.315 e. The molecule has 1 aromatic rings. The van der Waals surface area contributed by atoms with Gasteiger partial charge in [0.1, 0.15) is 11.4 Å². The van der Waals surface area contributed by atoms with Gasteiger partial charge >= 0.3 is 5.69 Å². The SMILES string of the molecule is CC(C#N)CN(C)c1cccc(N)c1[N+](=O)[O-]. The molecule has 0 saturated heterocycles. The van der Waals surface area contributed by atoms with Gasteiger partial charge in [0.2, 0.25) is 0 Å². The molecule has 0 heterocycles. The Labute approximate surface area is 99.4 Å². The zero-order valence-electron chi connectivity index (χ0n) is 9.75. The number of nitriles is 1. The molecule has 0 aromatic heterocycles. The molecule has 2 N–H and O–H groups in total. The van der Waals surface area contributed by atoms with E-state index in [1.807, 2.05) is 0 Å². The largest absolute Gasteiger partial charge is 0.393 e. The molecule has 6 nitrogen and oxygen atoms in total. The van der Waals surface area contributed by atoms with Gasteiger partial charge in [-0.2, -0.15) is 5.26 Å². The van der Waals surface area contributed by atoms with Crippen molar-refractivity contribution in [2.75, 3.05) is 24.2 Å². The number of nitro benzene ring substituents is 1. The Morgan fingerprint density at radius 1 is 1.65 bits per heavy atom. The van der Waals surface area contributed by atoms with E-state index in [0.29, 0.717) is 12.2 Å². The standard InChI is InChI=1S/C11H14N4O2/c1-8(6-12)7-14(2)10-5-3-4-9(13)11(10)15(16)17/h3-5,8H,7,13H2,1-2H3. The minimum absolute atomic E-state index is 0.111. The van der Waals surface area contributed by atoms with Crippen LogP contribution in [0.15, 0.2) is 18.2 Å². The number of hydrogen-bond acceptors (Lipinski definition) is 5. The first-order chi connectivity index (χ1) is 7.97. The topological polar surface area (TPSA) is 96.2 Å².